The summed E-state index contributed by atoms with van der Waals surface area (Å²) in [6.07, 6.45) is 9.86. The van der Waals surface area contributed by atoms with Crippen LogP contribution in [0.25, 0.3) is 0 Å². The van der Waals surface area contributed by atoms with Crippen molar-refractivity contribution in [3.8, 4) is 0 Å². The van der Waals surface area contributed by atoms with E-state index in [-0.39, 0.29) is 0 Å². The Kier molecular flexibility index (Phi) is 5.92. The number of piperazine rings is 1. The van der Waals surface area contributed by atoms with E-state index in [4.69, 9.17) is 0 Å². The lowest BCUT2D eigenvalue weighted by Crippen LogP contribution is -2.60. The van der Waals surface area contributed by atoms with Crippen LogP contribution in [0.1, 0.15) is 72.6 Å². The fourth-order valence-corrected chi connectivity index (χ4v) is 3.99. The third-order valence-electron chi connectivity index (χ3n) is 5.84. The maximum Gasteiger partial charge on any atom is 0.0224 e. The second kappa shape index (κ2) is 7.26. The summed E-state index contributed by atoms with van der Waals surface area (Å²) in [5.41, 5.74) is 0.460. The van der Waals surface area contributed by atoms with Crippen LogP contribution in [0, 0.1) is 11.3 Å². The molecule has 0 spiro atoms. The van der Waals surface area contributed by atoms with Crippen molar-refractivity contribution in [3.05, 3.63) is 0 Å². The molecule has 0 amide bonds. The van der Waals surface area contributed by atoms with Crippen LogP contribution in [0.2, 0.25) is 0 Å². The van der Waals surface area contributed by atoms with Crippen LogP contribution in [0.5, 0.6) is 0 Å². The minimum Gasteiger partial charge on any atom is -0.311 e. The molecule has 20 heavy (non-hydrogen) atoms. The highest BCUT2D eigenvalue weighted by Crippen LogP contribution is 2.30. The van der Waals surface area contributed by atoms with Gasteiger partial charge in [0.25, 0.3) is 0 Å². The zero-order valence-corrected chi connectivity index (χ0v) is 14.3. The van der Waals surface area contributed by atoms with Crippen LogP contribution >= 0.6 is 0 Å². The van der Waals surface area contributed by atoms with Gasteiger partial charge in [-0.25, -0.2) is 0 Å². The summed E-state index contributed by atoms with van der Waals surface area (Å²) in [6, 6.07) is 1.51. The van der Waals surface area contributed by atoms with Gasteiger partial charge < -0.3 is 5.32 Å². The van der Waals surface area contributed by atoms with E-state index in [0.717, 1.165) is 18.0 Å². The quantitative estimate of drug-likeness (QED) is 0.817. The molecule has 0 bridgehead atoms. The van der Waals surface area contributed by atoms with Crippen LogP contribution < -0.4 is 5.32 Å². The first-order valence-electron chi connectivity index (χ1n) is 9.03. The highest BCUT2D eigenvalue weighted by molar-refractivity contribution is 4.91. The number of rotatable bonds is 5. The molecule has 2 fully saturated rings. The first-order valence-corrected chi connectivity index (χ1v) is 9.03. The van der Waals surface area contributed by atoms with Gasteiger partial charge in [0.1, 0.15) is 0 Å². The Labute approximate surface area is 126 Å². The van der Waals surface area contributed by atoms with E-state index in [0.29, 0.717) is 5.41 Å². The molecule has 0 aromatic carbocycles. The Morgan fingerprint density at radius 3 is 2.40 bits per heavy atom. The van der Waals surface area contributed by atoms with Crippen molar-refractivity contribution in [2.24, 2.45) is 11.3 Å². The lowest BCUT2D eigenvalue weighted by molar-refractivity contribution is 0.0590. The van der Waals surface area contributed by atoms with Crippen molar-refractivity contribution in [2.45, 2.75) is 84.7 Å². The van der Waals surface area contributed by atoms with Crippen LogP contribution in [0.4, 0.5) is 0 Å². The summed E-state index contributed by atoms with van der Waals surface area (Å²) < 4.78 is 0. The van der Waals surface area contributed by atoms with Gasteiger partial charge in [0.2, 0.25) is 0 Å². The van der Waals surface area contributed by atoms with Gasteiger partial charge in [-0.2, -0.15) is 0 Å². The SMILES string of the molecule is CCC1CNC(C2CCCCC2)CN1CC(C)(C)CC. The average Bonchev–Trinajstić information content (AvgIpc) is 2.48. The van der Waals surface area contributed by atoms with Crippen molar-refractivity contribution in [2.75, 3.05) is 19.6 Å². The monoisotopic (exact) mass is 280 g/mol. The van der Waals surface area contributed by atoms with Crippen LogP contribution in [-0.4, -0.2) is 36.6 Å². The lowest BCUT2D eigenvalue weighted by atomic mass is 9.81. The predicted molar refractivity (Wildman–Crippen MR) is 88.1 cm³/mol. The van der Waals surface area contributed by atoms with Gasteiger partial charge in [-0.05, 0) is 37.0 Å². The van der Waals surface area contributed by atoms with E-state index in [9.17, 15) is 0 Å². The second-order valence-corrected chi connectivity index (χ2v) is 7.92. The highest BCUT2D eigenvalue weighted by atomic mass is 15.2. The van der Waals surface area contributed by atoms with Crippen molar-refractivity contribution >= 4 is 0 Å². The summed E-state index contributed by atoms with van der Waals surface area (Å²) in [6.45, 7) is 13.3. The first kappa shape index (κ1) is 16.3. The van der Waals surface area contributed by atoms with Crippen molar-refractivity contribution in [3.63, 3.8) is 0 Å². The standard InChI is InChI=1S/C18H36N2/c1-5-16-12-19-17(15-10-8-7-9-11-15)13-20(16)14-18(3,4)6-2/h15-17,19H,5-14H2,1-4H3. The van der Waals surface area contributed by atoms with Crippen molar-refractivity contribution in [1.29, 1.82) is 0 Å². The molecule has 2 unspecified atom stereocenters. The van der Waals surface area contributed by atoms with Gasteiger partial charge in [-0.1, -0.05) is 47.0 Å². The van der Waals surface area contributed by atoms with Crippen molar-refractivity contribution < 1.29 is 0 Å². The summed E-state index contributed by atoms with van der Waals surface area (Å²) >= 11 is 0. The molecule has 0 radical (unpaired) electrons. The zero-order valence-electron chi connectivity index (χ0n) is 14.3. The maximum absolute atomic E-state index is 3.88. The van der Waals surface area contributed by atoms with E-state index < -0.39 is 0 Å². The van der Waals surface area contributed by atoms with E-state index in [1.54, 1.807) is 0 Å². The molecule has 2 heteroatoms. The lowest BCUT2D eigenvalue weighted by Gasteiger charge is -2.46. The summed E-state index contributed by atoms with van der Waals surface area (Å²) in [7, 11) is 0. The molecule has 118 valence electrons. The van der Waals surface area contributed by atoms with E-state index in [1.807, 2.05) is 0 Å². The van der Waals surface area contributed by atoms with Crippen LogP contribution in [0.3, 0.4) is 0 Å². The largest absolute Gasteiger partial charge is 0.311 e. The summed E-state index contributed by atoms with van der Waals surface area (Å²) in [5, 5.41) is 3.88. The van der Waals surface area contributed by atoms with Gasteiger partial charge in [0, 0.05) is 31.7 Å². The Morgan fingerprint density at radius 1 is 1.10 bits per heavy atom. The number of nitrogens with zero attached hydrogens (tertiary/aromatic N) is 1. The molecule has 1 aliphatic carbocycles. The van der Waals surface area contributed by atoms with E-state index in [1.165, 1.54) is 64.6 Å². The van der Waals surface area contributed by atoms with Gasteiger partial charge in [0.15, 0.2) is 0 Å². The molecular weight excluding hydrogens is 244 g/mol. The topological polar surface area (TPSA) is 15.3 Å². The molecule has 1 N–H and O–H groups in total. The number of hydrogen-bond donors (Lipinski definition) is 1. The molecule has 1 heterocycles. The molecule has 1 saturated heterocycles. The fraction of sp³-hybridized carbons (Fsp3) is 1.00. The van der Waals surface area contributed by atoms with Crippen molar-refractivity contribution in [1.82, 2.24) is 10.2 Å². The Bertz CT molecular complexity index is 281. The highest BCUT2D eigenvalue weighted by Gasteiger charge is 2.34. The molecule has 2 nitrogen and oxygen atoms in total. The molecule has 2 atom stereocenters. The van der Waals surface area contributed by atoms with Gasteiger partial charge in [0.05, 0.1) is 0 Å². The Balaban J connectivity index is 1.95. The molecule has 0 aromatic heterocycles. The minimum absolute atomic E-state index is 0.460. The predicted octanol–water partition coefficient (Wildman–Crippen LogP) is 4.06. The number of nitrogens with one attached hydrogen (secondary N) is 1. The second-order valence-electron chi connectivity index (χ2n) is 7.92. The van der Waals surface area contributed by atoms with Gasteiger partial charge in [-0.15, -0.1) is 0 Å². The number of hydrogen-bond acceptors (Lipinski definition) is 2. The summed E-state index contributed by atoms with van der Waals surface area (Å²) in [5.74, 6) is 0.939. The molecule has 2 aliphatic rings. The molecule has 1 aliphatic heterocycles. The zero-order chi connectivity index (χ0) is 14.6. The minimum atomic E-state index is 0.460. The maximum atomic E-state index is 3.88. The molecule has 1 saturated carbocycles. The first-order chi connectivity index (χ1) is 9.55. The van der Waals surface area contributed by atoms with Gasteiger partial charge >= 0.3 is 0 Å². The third kappa shape index (κ3) is 4.21. The van der Waals surface area contributed by atoms with Crippen LogP contribution in [-0.2, 0) is 0 Å². The molecule has 2 rings (SSSR count). The Morgan fingerprint density at radius 2 is 1.80 bits per heavy atom. The van der Waals surface area contributed by atoms with E-state index in [2.05, 4.69) is 37.9 Å². The smallest absolute Gasteiger partial charge is 0.0224 e. The van der Waals surface area contributed by atoms with Crippen LogP contribution in [0.15, 0.2) is 0 Å². The van der Waals surface area contributed by atoms with E-state index >= 15 is 0 Å². The average molecular weight is 280 g/mol. The fourth-order valence-electron chi connectivity index (χ4n) is 3.99. The molecular formula is C18H36N2. The molecule has 0 aromatic rings. The summed E-state index contributed by atoms with van der Waals surface area (Å²) in [4.78, 5) is 2.80. The Hall–Kier alpha value is -0.0800. The van der Waals surface area contributed by atoms with Gasteiger partial charge in [-0.3, -0.25) is 4.90 Å². The normalized spacial score (nSPS) is 30.6. The third-order valence-corrected chi connectivity index (χ3v) is 5.84.